The molecule has 2 N–H and O–H groups in total. The molecule has 5 nitrogen and oxygen atoms in total. The number of nitrogens with one attached hydrogen (secondary N) is 2. The molecule has 1 fully saturated rings. The highest BCUT2D eigenvalue weighted by molar-refractivity contribution is 5.56. The Morgan fingerprint density at radius 3 is 2.50 bits per heavy atom. The molecule has 0 bridgehead atoms. The summed E-state index contributed by atoms with van der Waals surface area (Å²) in [6, 6.07) is 1.08. The molecule has 1 aromatic heterocycles. The lowest BCUT2D eigenvalue weighted by atomic mass is 10.00. The van der Waals surface area contributed by atoms with Gasteiger partial charge < -0.3 is 10.7 Å². The monoisotopic (exact) mass is 277 g/mol. The number of anilines is 2. The lowest BCUT2D eigenvalue weighted by molar-refractivity contribution is 0.135. The van der Waals surface area contributed by atoms with Crippen LogP contribution in [0.4, 0.5) is 11.6 Å². The van der Waals surface area contributed by atoms with Gasteiger partial charge in [-0.05, 0) is 40.0 Å². The van der Waals surface area contributed by atoms with Gasteiger partial charge in [-0.2, -0.15) is 0 Å². The maximum Gasteiger partial charge on any atom is 0.148 e. The molecule has 1 aromatic rings. The van der Waals surface area contributed by atoms with Crippen LogP contribution in [-0.4, -0.2) is 33.6 Å². The Hall–Kier alpha value is -1.36. The molecule has 0 saturated carbocycles. The van der Waals surface area contributed by atoms with Gasteiger partial charge in [-0.25, -0.2) is 15.0 Å². The molecule has 20 heavy (non-hydrogen) atoms. The molecule has 2 rings (SSSR count). The van der Waals surface area contributed by atoms with E-state index in [4.69, 9.17) is 0 Å². The van der Waals surface area contributed by atoms with Crippen LogP contribution in [0.1, 0.15) is 52.0 Å². The maximum absolute atomic E-state index is 4.41. The van der Waals surface area contributed by atoms with Crippen molar-refractivity contribution in [3.05, 3.63) is 11.9 Å². The molecule has 2 unspecified atom stereocenters. The van der Waals surface area contributed by atoms with Crippen molar-refractivity contribution in [3.8, 4) is 0 Å². The van der Waals surface area contributed by atoms with E-state index in [1.165, 1.54) is 19.3 Å². The van der Waals surface area contributed by atoms with Crippen LogP contribution in [0, 0.1) is 6.92 Å². The second-order valence-corrected chi connectivity index (χ2v) is 5.77. The Kier molecular flexibility index (Phi) is 5.17. The highest BCUT2D eigenvalue weighted by Gasteiger charge is 2.25. The van der Waals surface area contributed by atoms with Crippen LogP contribution in [0.15, 0.2) is 6.33 Å². The van der Waals surface area contributed by atoms with E-state index >= 15 is 0 Å². The molecular weight excluding hydrogens is 250 g/mol. The molecule has 1 saturated heterocycles. The van der Waals surface area contributed by atoms with E-state index in [-0.39, 0.29) is 0 Å². The molecule has 2 atom stereocenters. The number of piperidine rings is 1. The van der Waals surface area contributed by atoms with Crippen molar-refractivity contribution in [2.24, 2.45) is 0 Å². The summed E-state index contributed by atoms with van der Waals surface area (Å²) in [5, 5.41) is 5.69. The minimum Gasteiger partial charge on any atom is -0.370 e. The van der Waals surface area contributed by atoms with Gasteiger partial charge in [0.15, 0.2) is 0 Å². The predicted molar refractivity (Wildman–Crippen MR) is 83.8 cm³/mol. The van der Waals surface area contributed by atoms with Crippen molar-refractivity contribution in [1.29, 1.82) is 0 Å². The molecule has 0 radical (unpaired) electrons. The minimum absolute atomic E-state index is 0.542. The summed E-state index contributed by atoms with van der Waals surface area (Å²) in [4.78, 5) is 8.73. The third-order valence-electron chi connectivity index (χ3n) is 4.06. The first kappa shape index (κ1) is 15.0. The summed E-state index contributed by atoms with van der Waals surface area (Å²) in [6.45, 7) is 9.71. The second kappa shape index (κ2) is 6.88. The van der Waals surface area contributed by atoms with E-state index < -0.39 is 0 Å². The zero-order valence-corrected chi connectivity index (χ0v) is 13.1. The van der Waals surface area contributed by atoms with Crippen molar-refractivity contribution in [2.45, 2.75) is 65.5 Å². The lowest BCUT2D eigenvalue weighted by Gasteiger charge is -2.39. The summed E-state index contributed by atoms with van der Waals surface area (Å²) in [7, 11) is 0. The Morgan fingerprint density at radius 2 is 1.85 bits per heavy atom. The second-order valence-electron chi connectivity index (χ2n) is 5.77. The highest BCUT2D eigenvalue weighted by Crippen LogP contribution is 2.25. The smallest absolute Gasteiger partial charge is 0.148 e. The van der Waals surface area contributed by atoms with Gasteiger partial charge in [0.05, 0.1) is 0 Å². The number of hydrogen-bond donors (Lipinski definition) is 2. The highest BCUT2D eigenvalue weighted by atomic mass is 15.5. The van der Waals surface area contributed by atoms with Crippen LogP contribution in [0.3, 0.4) is 0 Å². The van der Waals surface area contributed by atoms with Crippen LogP contribution >= 0.6 is 0 Å². The summed E-state index contributed by atoms with van der Waals surface area (Å²) in [5.74, 6) is 1.85. The standard InChI is InChI=1S/C15H27N5/c1-5-9-16-14-13(4)15(18-10-17-14)19-20-11(2)7-6-8-12(20)3/h10-12H,5-9H2,1-4H3,(H2,16,17,18,19). The largest absolute Gasteiger partial charge is 0.370 e. The lowest BCUT2D eigenvalue weighted by Crippen LogP contribution is -2.47. The first-order chi connectivity index (χ1) is 9.63. The van der Waals surface area contributed by atoms with Crippen LogP contribution in [0.5, 0.6) is 0 Å². The van der Waals surface area contributed by atoms with Crippen molar-refractivity contribution >= 4 is 11.6 Å². The predicted octanol–water partition coefficient (Wildman–Crippen LogP) is 3.20. The number of aromatic nitrogens is 2. The van der Waals surface area contributed by atoms with Gasteiger partial charge in [0.1, 0.15) is 18.0 Å². The molecule has 0 aliphatic carbocycles. The Morgan fingerprint density at radius 1 is 1.20 bits per heavy atom. The molecule has 112 valence electrons. The third-order valence-corrected chi connectivity index (χ3v) is 4.06. The number of rotatable bonds is 5. The molecule has 1 aliphatic rings. The van der Waals surface area contributed by atoms with E-state index in [1.807, 2.05) is 0 Å². The molecule has 0 aromatic carbocycles. The normalized spacial score (nSPS) is 23.6. The summed E-state index contributed by atoms with van der Waals surface area (Å²) >= 11 is 0. The fourth-order valence-electron chi connectivity index (χ4n) is 2.75. The van der Waals surface area contributed by atoms with Gasteiger partial charge in [0.25, 0.3) is 0 Å². The van der Waals surface area contributed by atoms with Gasteiger partial charge >= 0.3 is 0 Å². The van der Waals surface area contributed by atoms with Crippen LogP contribution < -0.4 is 10.7 Å². The SMILES string of the molecule is CCCNc1ncnc(NN2C(C)CCCC2C)c1C. The third kappa shape index (κ3) is 3.39. The van der Waals surface area contributed by atoms with Crippen LogP contribution in [0.25, 0.3) is 0 Å². The van der Waals surface area contributed by atoms with Gasteiger partial charge in [-0.15, -0.1) is 0 Å². The molecule has 0 amide bonds. The van der Waals surface area contributed by atoms with Gasteiger partial charge in [0.2, 0.25) is 0 Å². The van der Waals surface area contributed by atoms with Crippen molar-refractivity contribution in [1.82, 2.24) is 15.0 Å². The first-order valence-electron chi connectivity index (χ1n) is 7.74. The molecular formula is C15H27N5. The number of hydrazine groups is 1. The van der Waals surface area contributed by atoms with E-state index in [0.717, 1.165) is 30.2 Å². The van der Waals surface area contributed by atoms with Crippen molar-refractivity contribution in [3.63, 3.8) is 0 Å². The fourth-order valence-corrected chi connectivity index (χ4v) is 2.75. The van der Waals surface area contributed by atoms with E-state index in [2.05, 4.69) is 53.4 Å². The number of hydrogen-bond acceptors (Lipinski definition) is 5. The van der Waals surface area contributed by atoms with Crippen LogP contribution in [0.2, 0.25) is 0 Å². The van der Waals surface area contributed by atoms with Crippen molar-refractivity contribution < 1.29 is 0 Å². The first-order valence-corrected chi connectivity index (χ1v) is 7.74. The average molecular weight is 277 g/mol. The number of nitrogens with zero attached hydrogens (tertiary/aromatic N) is 3. The zero-order chi connectivity index (χ0) is 14.5. The topological polar surface area (TPSA) is 53.1 Å². The van der Waals surface area contributed by atoms with E-state index in [9.17, 15) is 0 Å². The van der Waals surface area contributed by atoms with Gasteiger partial charge in [-0.3, -0.25) is 0 Å². The maximum atomic E-state index is 4.41. The summed E-state index contributed by atoms with van der Waals surface area (Å²) in [6.07, 6.45) is 6.51. The molecule has 5 heteroatoms. The van der Waals surface area contributed by atoms with Crippen LogP contribution in [-0.2, 0) is 0 Å². The van der Waals surface area contributed by atoms with E-state index in [1.54, 1.807) is 6.33 Å². The Labute approximate surface area is 122 Å². The summed E-state index contributed by atoms with van der Waals surface area (Å²) < 4.78 is 0. The van der Waals surface area contributed by atoms with Gasteiger partial charge in [-0.1, -0.05) is 13.3 Å². The molecule has 1 aliphatic heterocycles. The van der Waals surface area contributed by atoms with Crippen molar-refractivity contribution in [2.75, 3.05) is 17.3 Å². The van der Waals surface area contributed by atoms with E-state index in [0.29, 0.717) is 12.1 Å². The minimum atomic E-state index is 0.542. The quantitative estimate of drug-likeness (QED) is 0.865. The molecule has 2 heterocycles. The summed E-state index contributed by atoms with van der Waals surface area (Å²) in [5.41, 5.74) is 4.60. The Balaban J connectivity index is 2.12. The fraction of sp³-hybridized carbons (Fsp3) is 0.733. The molecule has 0 spiro atoms. The average Bonchev–Trinajstić information content (AvgIpc) is 2.43. The zero-order valence-electron chi connectivity index (χ0n) is 13.1. The van der Waals surface area contributed by atoms with Gasteiger partial charge in [0, 0.05) is 24.2 Å². The Bertz CT molecular complexity index is 424.